The number of halogens is 2. The summed E-state index contributed by atoms with van der Waals surface area (Å²) < 4.78 is 0. The van der Waals surface area contributed by atoms with E-state index < -0.39 is 0 Å². The van der Waals surface area contributed by atoms with Crippen molar-refractivity contribution in [2.24, 2.45) is 0 Å². The van der Waals surface area contributed by atoms with E-state index in [0.717, 1.165) is 31.5 Å². The molecule has 0 bridgehead atoms. The second-order valence-electron chi connectivity index (χ2n) is 4.28. The first-order valence-corrected chi connectivity index (χ1v) is 8.18. The molecule has 0 saturated carbocycles. The Kier molecular flexibility index (Phi) is 7.66. The van der Waals surface area contributed by atoms with Crippen LogP contribution in [0, 0.1) is 0 Å². The van der Waals surface area contributed by atoms with Crippen molar-refractivity contribution in [1.29, 1.82) is 0 Å². The van der Waals surface area contributed by atoms with Gasteiger partial charge in [-0.2, -0.15) is 0 Å². The summed E-state index contributed by atoms with van der Waals surface area (Å²) in [5, 5.41) is 1.41. The van der Waals surface area contributed by atoms with Gasteiger partial charge in [0.1, 0.15) is 0 Å². The number of rotatable bonds is 6. The molecular weight excluding hydrogens is 301 g/mol. The summed E-state index contributed by atoms with van der Waals surface area (Å²) in [6.45, 7) is 5.77. The second-order valence-corrected chi connectivity index (χ2v) is 6.05. The maximum Gasteiger partial charge on any atom is 0.281 e. The van der Waals surface area contributed by atoms with Crippen LogP contribution in [0.25, 0.3) is 0 Å². The van der Waals surface area contributed by atoms with Gasteiger partial charge in [-0.15, -0.1) is 0 Å². The molecule has 0 aliphatic heterocycles. The van der Waals surface area contributed by atoms with Crippen molar-refractivity contribution in [3.05, 3.63) is 33.8 Å². The first-order valence-electron chi connectivity index (χ1n) is 6.44. The fourth-order valence-electron chi connectivity index (χ4n) is 1.72. The lowest BCUT2D eigenvalue weighted by Gasteiger charge is -2.20. The van der Waals surface area contributed by atoms with Gasteiger partial charge in [-0.05, 0) is 36.6 Å². The number of hydrogen-bond acceptors (Lipinski definition) is 2. The van der Waals surface area contributed by atoms with Gasteiger partial charge in [0.15, 0.2) is 0 Å². The van der Waals surface area contributed by atoms with Crippen LogP contribution >= 0.6 is 35.0 Å². The van der Waals surface area contributed by atoms with Crippen molar-refractivity contribution in [2.75, 3.05) is 13.1 Å². The highest BCUT2D eigenvalue weighted by Crippen LogP contribution is 2.26. The molecule has 0 saturated heterocycles. The van der Waals surface area contributed by atoms with E-state index in [0.29, 0.717) is 15.8 Å². The molecule has 0 aliphatic carbocycles. The highest BCUT2D eigenvalue weighted by Gasteiger charge is 2.13. The molecule has 0 aromatic heterocycles. The summed E-state index contributed by atoms with van der Waals surface area (Å²) in [5.74, 6) is 0.558. The summed E-state index contributed by atoms with van der Waals surface area (Å²) in [5.41, 5.74) is 0.903. The number of carbonyl (C=O) groups is 1. The van der Waals surface area contributed by atoms with Crippen molar-refractivity contribution in [3.8, 4) is 0 Å². The minimum absolute atomic E-state index is 0.111. The molecule has 2 nitrogen and oxygen atoms in total. The van der Waals surface area contributed by atoms with E-state index in [1.165, 1.54) is 11.8 Å². The Labute approximate surface area is 129 Å². The van der Waals surface area contributed by atoms with Crippen molar-refractivity contribution in [2.45, 2.75) is 32.4 Å². The highest BCUT2D eigenvalue weighted by atomic mass is 35.5. The van der Waals surface area contributed by atoms with Crippen LogP contribution in [0.4, 0.5) is 4.79 Å². The molecule has 0 atom stereocenters. The van der Waals surface area contributed by atoms with Gasteiger partial charge in [0.2, 0.25) is 0 Å². The van der Waals surface area contributed by atoms with E-state index in [1.54, 1.807) is 12.1 Å². The van der Waals surface area contributed by atoms with Crippen LogP contribution in [-0.4, -0.2) is 23.2 Å². The van der Waals surface area contributed by atoms with Gasteiger partial charge < -0.3 is 4.90 Å². The lowest BCUT2D eigenvalue weighted by atomic mass is 10.2. The topological polar surface area (TPSA) is 20.3 Å². The number of carbonyl (C=O) groups excluding carboxylic acids is 1. The molecule has 0 N–H and O–H groups in total. The highest BCUT2D eigenvalue weighted by molar-refractivity contribution is 8.12. The SMILES string of the molecule is CCCN(CCC)C(=O)SCc1cc(Cl)ccc1Cl. The number of hydrogen-bond donors (Lipinski definition) is 0. The molecule has 1 aromatic carbocycles. The van der Waals surface area contributed by atoms with Crippen LogP contribution < -0.4 is 0 Å². The maximum absolute atomic E-state index is 12.1. The average Bonchev–Trinajstić information content (AvgIpc) is 2.39. The van der Waals surface area contributed by atoms with Crippen LogP contribution in [0.3, 0.4) is 0 Å². The monoisotopic (exact) mass is 319 g/mol. The van der Waals surface area contributed by atoms with Crippen LogP contribution in [0.2, 0.25) is 10.0 Å². The molecule has 1 rings (SSSR count). The molecule has 0 spiro atoms. The second kappa shape index (κ2) is 8.72. The lowest BCUT2D eigenvalue weighted by Crippen LogP contribution is -2.29. The number of benzene rings is 1. The Balaban J connectivity index is 2.59. The minimum Gasteiger partial charge on any atom is -0.334 e. The summed E-state index contributed by atoms with van der Waals surface area (Å²) in [6, 6.07) is 5.33. The maximum atomic E-state index is 12.1. The zero-order chi connectivity index (χ0) is 14.3. The first kappa shape index (κ1) is 16.7. The van der Waals surface area contributed by atoms with E-state index in [-0.39, 0.29) is 5.24 Å². The number of thioether (sulfide) groups is 1. The van der Waals surface area contributed by atoms with Crippen molar-refractivity contribution in [1.82, 2.24) is 4.90 Å². The van der Waals surface area contributed by atoms with Crippen LogP contribution in [0.15, 0.2) is 18.2 Å². The zero-order valence-electron chi connectivity index (χ0n) is 11.3. The molecular formula is C14H19Cl2NOS. The molecule has 0 radical (unpaired) electrons. The van der Waals surface area contributed by atoms with Gasteiger partial charge in [0.05, 0.1) is 0 Å². The van der Waals surface area contributed by atoms with E-state index in [1.807, 2.05) is 11.0 Å². The standard InChI is InChI=1S/C14H19Cl2NOS/c1-3-7-17(8-4-2)14(18)19-10-11-9-12(15)5-6-13(11)16/h5-6,9H,3-4,7-8,10H2,1-2H3. The van der Waals surface area contributed by atoms with E-state index in [4.69, 9.17) is 23.2 Å². The van der Waals surface area contributed by atoms with Gasteiger partial charge in [-0.3, -0.25) is 4.79 Å². The van der Waals surface area contributed by atoms with Gasteiger partial charge >= 0.3 is 0 Å². The first-order chi connectivity index (χ1) is 9.08. The average molecular weight is 320 g/mol. The number of nitrogens with zero attached hydrogens (tertiary/aromatic N) is 1. The van der Waals surface area contributed by atoms with Gasteiger partial charge in [0, 0.05) is 28.9 Å². The Bertz CT molecular complexity index is 420. The van der Waals surface area contributed by atoms with Gasteiger partial charge in [-0.1, -0.05) is 48.8 Å². The molecule has 0 aliphatic rings. The predicted octanol–water partition coefficient (Wildman–Crippen LogP) is 5.47. The lowest BCUT2D eigenvalue weighted by molar-refractivity contribution is 0.223. The third-order valence-electron chi connectivity index (χ3n) is 2.60. The van der Waals surface area contributed by atoms with Crippen LogP contribution in [0.1, 0.15) is 32.3 Å². The summed E-state index contributed by atoms with van der Waals surface area (Å²) in [6.07, 6.45) is 1.95. The van der Waals surface area contributed by atoms with Gasteiger partial charge in [-0.25, -0.2) is 0 Å². The molecule has 0 fully saturated rings. The van der Waals surface area contributed by atoms with E-state index in [2.05, 4.69) is 13.8 Å². The molecule has 19 heavy (non-hydrogen) atoms. The Morgan fingerprint density at radius 3 is 2.42 bits per heavy atom. The quantitative estimate of drug-likeness (QED) is 0.693. The van der Waals surface area contributed by atoms with Crippen molar-refractivity contribution < 1.29 is 4.79 Å². The zero-order valence-corrected chi connectivity index (χ0v) is 13.6. The van der Waals surface area contributed by atoms with Crippen molar-refractivity contribution >= 4 is 40.2 Å². The Hall–Kier alpha value is -0.380. The number of amides is 1. The molecule has 0 heterocycles. The molecule has 1 amide bonds. The summed E-state index contributed by atoms with van der Waals surface area (Å²) >= 11 is 13.3. The van der Waals surface area contributed by atoms with E-state index in [9.17, 15) is 4.79 Å². The van der Waals surface area contributed by atoms with Crippen LogP contribution in [-0.2, 0) is 5.75 Å². The molecule has 106 valence electrons. The fourth-order valence-corrected chi connectivity index (χ4v) is 3.06. The molecule has 5 heteroatoms. The normalized spacial score (nSPS) is 10.5. The Morgan fingerprint density at radius 1 is 1.21 bits per heavy atom. The van der Waals surface area contributed by atoms with Gasteiger partial charge in [0.25, 0.3) is 5.24 Å². The van der Waals surface area contributed by atoms with Crippen LogP contribution in [0.5, 0.6) is 0 Å². The largest absolute Gasteiger partial charge is 0.334 e. The molecule has 1 aromatic rings. The predicted molar refractivity (Wildman–Crippen MR) is 85.3 cm³/mol. The molecule has 0 unspecified atom stereocenters. The minimum atomic E-state index is 0.111. The fraction of sp³-hybridized carbons (Fsp3) is 0.500. The summed E-state index contributed by atoms with van der Waals surface area (Å²) in [7, 11) is 0. The van der Waals surface area contributed by atoms with Crippen molar-refractivity contribution in [3.63, 3.8) is 0 Å². The smallest absolute Gasteiger partial charge is 0.281 e. The van der Waals surface area contributed by atoms with E-state index >= 15 is 0 Å². The Morgan fingerprint density at radius 2 is 1.84 bits per heavy atom. The summed E-state index contributed by atoms with van der Waals surface area (Å²) in [4.78, 5) is 14.0. The third-order valence-corrected chi connectivity index (χ3v) is 4.17. The third kappa shape index (κ3) is 5.64.